The van der Waals surface area contributed by atoms with E-state index >= 15 is 0 Å². The number of ether oxygens (including phenoxy) is 2. The summed E-state index contributed by atoms with van der Waals surface area (Å²) in [5, 5.41) is 2.56. The average Bonchev–Trinajstić information content (AvgIpc) is 2.85. The molecule has 0 aromatic heterocycles. The van der Waals surface area contributed by atoms with Crippen LogP contribution >= 0.6 is 0 Å². The van der Waals surface area contributed by atoms with Crippen molar-refractivity contribution >= 4 is 16.7 Å². The summed E-state index contributed by atoms with van der Waals surface area (Å²) >= 11 is 0. The van der Waals surface area contributed by atoms with Crippen LogP contribution in [0.25, 0.3) is 21.9 Å². The van der Waals surface area contributed by atoms with Gasteiger partial charge in [-0.3, -0.25) is 4.79 Å². The van der Waals surface area contributed by atoms with E-state index in [0.29, 0.717) is 13.2 Å². The monoisotopic (exact) mass is 468 g/mol. The zero-order valence-electron chi connectivity index (χ0n) is 20.8. The summed E-state index contributed by atoms with van der Waals surface area (Å²) in [5.41, 5.74) is 4.26. The topological polar surface area (TPSA) is 35.5 Å². The van der Waals surface area contributed by atoms with Gasteiger partial charge in [-0.1, -0.05) is 42.5 Å². The highest BCUT2D eigenvalue weighted by molar-refractivity contribution is 5.89. The number of carbonyl (C=O) groups is 1. The first-order valence-electron chi connectivity index (χ1n) is 13.5. The zero-order chi connectivity index (χ0) is 23.8. The fraction of sp³-hybridized carbons (Fsp3) is 0.469. The van der Waals surface area contributed by atoms with Crippen molar-refractivity contribution in [2.24, 2.45) is 17.8 Å². The lowest BCUT2D eigenvalue weighted by atomic mass is 9.48. The van der Waals surface area contributed by atoms with Crippen molar-refractivity contribution in [3.8, 4) is 16.9 Å². The van der Waals surface area contributed by atoms with Crippen molar-refractivity contribution in [3.05, 3.63) is 66.2 Å². The molecule has 182 valence electrons. The van der Waals surface area contributed by atoms with Gasteiger partial charge in [0.25, 0.3) is 0 Å². The van der Waals surface area contributed by atoms with Gasteiger partial charge in [-0.25, -0.2) is 0 Å². The Balaban J connectivity index is 1.33. The van der Waals surface area contributed by atoms with E-state index in [0.717, 1.165) is 36.3 Å². The van der Waals surface area contributed by atoms with Crippen molar-refractivity contribution in [2.45, 2.75) is 63.7 Å². The Morgan fingerprint density at radius 2 is 1.49 bits per heavy atom. The summed E-state index contributed by atoms with van der Waals surface area (Å²) in [4.78, 5) is 11.0. The summed E-state index contributed by atoms with van der Waals surface area (Å²) in [6, 6.07) is 22.3. The number of hydrogen-bond acceptors (Lipinski definition) is 3. The second-order valence-corrected chi connectivity index (χ2v) is 11.4. The first-order chi connectivity index (χ1) is 17.1. The minimum Gasteiger partial charge on any atom is -0.493 e. The van der Waals surface area contributed by atoms with Crippen LogP contribution in [0.3, 0.4) is 0 Å². The van der Waals surface area contributed by atoms with Crippen LogP contribution in [0.15, 0.2) is 60.7 Å². The molecule has 4 aliphatic carbocycles. The Labute approximate surface area is 208 Å². The second kappa shape index (κ2) is 9.33. The lowest BCUT2D eigenvalue weighted by molar-refractivity contribution is -0.141. The first kappa shape index (κ1) is 22.6. The van der Waals surface area contributed by atoms with Crippen molar-refractivity contribution in [2.75, 3.05) is 13.2 Å². The molecule has 0 aliphatic heterocycles. The predicted molar refractivity (Wildman–Crippen MR) is 141 cm³/mol. The van der Waals surface area contributed by atoms with E-state index < -0.39 is 0 Å². The molecule has 4 aliphatic rings. The van der Waals surface area contributed by atoms with Gasteiger partial charge >= 0.3 is 5.97 Å². The zero-order valence-corrected chi connectivity index (χ0v) is 20.8. The van der Waals surface area contributed by atoms with Crippen molar-refractivity contribution in [3.63, 3.8) is 0 Å². The SMILES string of the molecule is CC(=O)OCCCCOc1cc2ccc(-c3ccccc3)cc2cc1C12CC3CC(CC(C3)C1)C2. The molecule has 0 atom stereocenters. The van der Waals surface area contributed by atoms with Gasteiger partial charge in [-0.05, 0) is 115 Å². The summed E-state index contributed by atoms with van der Waals surface area (Å²) < 4.78 is 11.6. The Kier molecular flexibility index (Phi) is 6.04. The third-order valence-corrected chi connectivity index (χ3v) is 8.76. The number of fused-ring (bicyclic) bond motifs is 1. The highest BCUT2D eigenvalue weighted by atomic mass is 16.5. The van der Waals surface area contributed by atoms with Gasteiger partial charge in [0.15, 0.2) is 0 Å². The quantitative estimate of drug-likeness (QED) is 0.251. The molecule has 3 aromatic rings. The van der Waals surface area contributed by atoms with Crippen LogP contribution in [0.2, 0.25) is 0 Å². The third kappa shape index (κ3) is 4.58. The van der Waals surface area contributed by atoms with E-state index in [2.05, 4.69) is 60.7 Å². The summed E-state index contributed by atoms with van der Waals surface area (Å²) in [5.74, 6) is 3.55. The van der Waals surface area contributed by atoms with Gasteiger partial charge in [-0.15, -0.1) is 0 Å². The van der Waals surface area contributed by atoms with Gasteiger partial charge in [0.2, 0.25) is 0 Å². The molecule has 4 saturated carbocycles. The molecule has 4 bridgehead atoms. The predicted octanol–water partition coefficient (Wildman–Crippen LogP) is 7.70. The lowest BCUT2D eigenvalue weighted by Crippen LogP contribution is -2.48. The largest absolute Gasteiger partial charge is 0.493 e. The molecule has 0 radical (unpaired) electrons. The highest BCUT2D eigenvalue weighted by Gasteiger charge is 2.52. The third-order valence-electron chi connectivity index (χ3n) is 8.76. The van der Waals surface area contributed by atoms with E-state index in [9.17, 15) is 4.79 Å². The smallest absolute Gasteiger partial charge is 0.302 e. The molecule has 4 fully saturated rings. The van der Waals surface area contributed by atoms with Crippen molar-refractivity contribution < 1.29 is 14.3 Å². The lowest BCUT2D eigenvalue weighted by Gasteiger charge is -2.57. The number of unbranched alkanes of at least 4 members (excludes halogenated alkanes) is 1. The van der Waals surface area contributed by atoms with Gasteiger partial charge in [0.05, 0.1) is 13.2 Å². The van der Waals surface area contributed by atoms with E-state index in [1.165, 1.54) is 72.9 Å². The highest BCUT2D eigenvalue weighted by Crippen LogP contribution is 2.62. The summed E-state index contributed by atoms with van der Waals surface area (Å²) in [6.45, 7) is 2.60. The van der Waals surface area contributed by atoms with Crippen molar-refractivity contribution in [1.82, 2.24) is 0 Å². The fourth-order valence-electron chi connectivity index (χ4n) is 7.66. The minimum atomic E-state index is -0.209. The Morgan fingerprint density at radius 1 is 0.800 bits per heavy atom. The Hall–Kier alpha value is -2.81. The maximum absolute atomic E-state index is 11.0. The Morgan fingerprint density at radius 3 is 2.17 bits per heavy atom. The number of esters is 1. The molecule has 35 heavy (non-hydrogen) atoms. The van der Waals surface area contributed by atoms with Crippen LogP contribution < -0.4 is 4.74 Å². The molecule has 3 heteroatoms. The molecule has 0 amide bonds. The molecule has 7 rings (SSSR count). The molecule has 0 unspecified atom stereocenters. The number of benzene rings is 3. The van der Waals surface area contributed by atoms with Crippen LogP contribution in [-0.4, -0.2) is 19.2 Å². The van der Waals surface area contributed by atoms with E-state index in [1.54, 1.807) is 0 Å². The fourth-order valence-corrected chi connectivity index (χ4v) is 7.66. The number of rotatable bonds is 8. The van der Waals surface area contributed by atoms with Gasteiger partial charge in [0, 0.05) is 12.5 Å². The molecule has 3 aromatic carbocycles. The van der Waals surface area contributed by atoms with Gasteiger partial charge in [-0.2, -0.15) is 0 Å². The standard InChI is InChI=1S/C32H36O3/c1-22(33)34-11-5-6-12-35-31-18-28-10-9-27(26-7-3-2-4-8-26)16-29(28)17-30(31)32-19-23-13-24(20-32)15-25(14-23)21-32/h2-4,7-10,16-18,23-25H,5-6,11-15,19-21H2,1H3. The first-order valence-corrected chi connectivity index (χ1v) is 13.5. The average molecular weight is 469 g/mol. The van der Waals surface area contributed by atoms with E-state index in [4.69, 9.17) is 9.47 Å². The molecular formula is C32H36O3. The van der Waals surface area contributed by atoms with Gasteiger partial charge < -0.3 is 9.47 Å². The number of hydrogen-bond donors (Lipinski definition) is 0. The molecule has 0 N–H and O–H groups in total. The van der Waals surface area contributed by atoms with Gasteiger partial charge in [0.1, 0.15) is 5.75 Å². The molecular weight excluding hydrogens is 432 g/mol. The molecule has 0 saturated heterocycles. The summed E-state index contributed by atoms with van der Waals surface area (Å²) in [7, 11) is 0. The maximum atomic E-state index is 11.0. The maximum Gasteiger partial charge on any atom is 0.302 e. The van der Waals surface area contributed by atoms with Crippen LogP contribution in [0.1, 0.15) is 63.9 Å². The molecule has 3 nitrogen and oxygen atoms in total. The van der Waals surface area contributed by atoms with E-state index in [-0.39, 0.29) is 11.4 Å². The van der Waals surface area contributed by atoms with Crippen LogP contribution in [-0.2, 0) is 14.9 Å². The minimum absolute atomic E-state index is 0.209. The van der Waals surface area contributed by atoms with E-state index in [1.807, 2.05) is 0 Å². The second-order valence-electron chi connectivity index (χ2n) is 11.4. The van der Waals surface area contributed by atoms with Crippen molar-refractivity contribution in [1.29, 1.82) is 0 Å². The summed E-state index contributed by atoms with van der Waals surface area (Å²) in [6.07, 6.45) is 10.0. The Bertz CT molecular complexity index is 1180. The van der Waals surface area contributed by atoms with Crippen LogP contribution in [0, 0.1) is 17.8 Å². The van der Waals surface area contributed by atoms with Crippen LogP contribution in [0.4, 0.5) is 0 Å². The van der Waals surface area contributed by atoms with Crippen LogP contribution in [0.5, 0.6) is 5.75 Å². The number of carbonyl (C=O) groups excluding carboxylic acids is 1. The molecule has 0 spiro atoms. The molecule has 0 heterocycles. The normalized spacial score (nSPS) is 26.7.